The second kappa shape index (κ2) is 5.72. The Morgan fingerprint density at radius 3 is 2.00 bits per heavy atom. The van der Waals surface area contributed by atoms with Gasteiger partial charge in [0.25, 0.3) is 0 Å². The molecule has 1 aromatic rings. The predicted molar refractivity (Wildman–Crippen MR) is 59.0 cm³/mol. The van der Waals surface area contributed by atoms with Crippen LogP contribution in [0.1, 0.15) is 11.7 Å². The molecule has 1 aromatic carbocycles. The highest BCUT2D eigenvalue weighted by Gasteiger charge is 2.54. The van der Waals surface area contributed by atoms with E-state index < -0.39 is 43.8 Å². The summed E-state index contributed by atoms with van der Waals surface area (Å²) in [5, 5.41) is 0. The zero-order valence-corrected chi connectivity index (χ0v) is 11.9. The van der Waals surface area contributed by atoms with Gasteiger partial charge >= 0.3 is 21.8 Å². The number of alkyl halides is 6. The quantitative estimate of drug-likeness (QED) is 0.433. The van der Waals surface area contributed by atoms with E-state index in [4.69, 9.17) is 0 Å². The smallest absolute Gasteiger partial charge is 0.245 e. The molecule has 0 saturated carbocycles. The molecule has 0 aliphatic carbocycles. The monoisotopic (exact) mass is 404 g/mol. The minimum absolute atomic E-state index is 0.462. The molecule has 0 N–H and O–H groups in total. The molecule has 12 heteroatoms. The van der Waals surface area contributed by atoms with Gasteiger partial charge in [-0.05, 0) is 33.6 Å². The average molecular weight is 405 g/mol. The van der Waals surface area contributed by atoms with Crippen LogP contribution in [0.15, 0.2) is 22.7 Å². The van der Waals surface area contributed by atoms with Gasteiger partial charge in [0.05, 0.1) is 4.47 Å². The third-order valence-corrected chi connectivity index (χ3v) is 3.67. The highest BCUT2D eigenvalue weighted by Crippen LogP contribution is 2.40. The number of hydrogen-bond donors (Lipinski definition) is 0. The molecule has 0 fully saturated rings. The standard InChI is InChI=1S/C9H4BrF7O3S/c10-5-3-4(1-2-6(5)11)7(8(12,13)14)20-21(18,19)9(15,16)17/h1-3,7H. The van der Waals surface area contributed by atoms with Crippen molar-refractivity contribution >= 4 is 26.0 Å². The summed E-state index contributed by atoms with van der Waals surface area (Å²) in [5.74, 6) is -0.988. The van der Waals surface area contributed by atoms with Crippen LogP contribution in [0.25, 0.3) is 0 Å². The van der Waals surface area contributed by atoms with Gasteiger partial charge in [-0.25, -0.2) is 8.57 Å². The Morgan fingerprint density at radius 2 is 1.62 bits per heavy atom. The maximum absolute atomic E-state index is 12.9. The van der Waals surface area contributed by atoms with E-state index in [1.165, 1.54) is 0 Å². The van der Waals surface area contributed by atoms with E-state index in [1.807, 2.05) is 0 Å². The van der Waals surface area contributed by atoms with Crippen molar-refractivity contribution in [3.63, 3.8) is 0 Å². The summed E-state index contributed by atoms with van der Waals surface area (Å²) < 4.78 is 111. The Kier molecular flexibility index (Phi) is 4.95. The SMILES string of the molecule is O=S(=O)(OC(c1ccc(F)c(Br)c1)C(F)(F)F)C(F)(F)F. The summed E-state index contributed by atoms with van der Waals surface area (Å²) in [6, 6.07) is 1.45. The number of halogens is 8. The van der Waals surface area contributed by atoms with E-state index in [2.05, 4.69) is 20.1 Å². The van der Waals surface area contributed by atoms with Gasteiger partial charge in [0.1, 0.15) is 5.82 Å². The van der Waals surface area contributed by atoms with Crippen molar-refractivity contribution in [2.24, 2.45) is 0 Å². The Balaban J connectivity index is 3.29. The van der Waals surface area contributed by atoms with E-state index in [0.29, 0.717) is 18.2 Å². The lowest BCUT2D eigenvalue weighted by molar-refractivity contribution is -0.200. The first kappa shape index (κ1) is 18.2. The van der Waals surface area contributed by atoms with E-state index in [0.717, 1.165) is 0 Å². The second-order valence-corrected chi connectivity index (χ2v) is 6.01. The molecular formula is C9H4BrF7O3S. The molecule has 0 aliphatic rings. The Hall–Kier alpha value is -0.880. The fourth-order valence-electron chi connectivity index (χ4n) is 1.16. The maximum atomic E-state index is 12.9. The first-order valence-electron chi connectivity index (χ1n) is 4.77. The van der Waals surface area contributed by atoms with Crippen molar-refractivity contribution in [3.8, 4) is 0 Å². The molecule has 1 atom stereocenters. The van der Waals surface area contributed by atoms with Crippen LogP contribution in [0.5, 0.6) is 0 Å². The predicted octanol–water partition coefficient (Wildman–Crippen LogP) is 4.06. The van der Waals surface area contributed by atoms with Crippen LogP contribution in [-0.2, 0) is 14.3 Å². The summed E-state index contributed by atoms with van der Waals surface area (Å²) >= 11 is 2.53. The van der Waals surface area contributed by atoms with Gasteiger partial charge in [0.15, 0.2) is 6.10 Å². The van der Waals surface area contributed by atoms with E-state index in [9.17, 15) is 39.2 Å². The molecule has 21 heavy (non-hydrogen) atoms. The fraction of sp³-hybridized carbons (Fsp3) is 0.333. The summed E-state index contributed by atoms with van der Waals surface area (Å²) in [4.78, 5) is 0. The topological polar surface area (TPSA) is 43.4 Å². The molecular weight excluding hydrogens is 401 g/mol. The van der Waals surface area contributed by atoms with Crippen LogP contribution in [0, 0.1) is 5.82 Å². The summed E-state index contributed by atoms with van der Waals surface area (Å²) in [5.41, 5.74) is -7.03. The Morgan fingerprint density at radius 1 is 1.10 bits per heavy atom. The maximum Gasteiger partial charge on any atom is 0.523 e. The summed E-state index contributed by atoms with van der Waals surface area (Å²) in [6.07, 6.45) is -8.88. The summed E-state index contributed by atoms with van der Waals surface area (Å²) in [7, 11) is -6.48. The van der Waals surface area contributed by atoms with Crippen LogP contribution in [0.3, 0.4) is 0 Å². The molecule has 0 bridgehead atoms. The van der Waals surface area contributed by atoms with Crippen LogP contribution >= 0.6 is 15.9 Å². The van der Waals surface area contributed by atoms with Crippen molar-refractivity contribution in [2.45, 2.75) is 17.8 Å². The van der Waals surface area contributed by atoms with Gasteiger partial charge in [-0.1, -0.05) is 6.07 Å². The van der Waals surface area contributed by atoms with Gasteiger partial charge in [-0.3, -0.25) is 0 Å². The normalized spacial score (nSPS) is 15.0. The molecule has 0 amide bonds. The lowest BCUT2D eigenvalue weighted by Crippen LogP contribution is -2.32. The van der Waals surface area contributed by atoms with Gasteiger partial charge < -0.3 is 0 Å². The molecule has 0 aliphatic heterocycles. The van der Waals surface area contributed by atoms with Crippen molar-refractivity contribution in [3.05, 3.63) is 34.1 Å². The molecule has 120 valence electrons. The first-order valence-corrected chi connectivity index (χ1v) is 6.97. The van der Waals surface area contributed by atoms with Crippen LogP contribution < -0.4 is 0 Å². The third-order valence-electron chi connectivity index (χ3n) is 2.05. The largest absolute Gasteiger partial charge is 0.523 e. The molecule has 3 nitrogen and oxygen atoms in total. The van der Waals surface area contributed by atoms with E-state index in [-0.39, 0.29) is 0 Å². The van der Waals surface area contributed by atoms with Gasteiger partial charge in [0, 0.05) is 0 Å². The van der Waals surface area contributed by atoms with Crippen molar-refractivity contribution in [1.29, 1.82) is 0 Å². The lowest BCUT2D eigenvalue weighted by atomic mass is 10.1. The first-order chi connectivity index (χ1) is 9.25. The number of hydrogen-bond acceptors (Lipinski definition) is 3. The molecule has 0 radical (unpaired) electrons. The zero-order chi connectivity index (χ0) is 16.6. The van der Waals surface area contributed by atoms with Crippen LogP contribution in [0.4, 0.5) is 30.7 Å². The molecule has 0 saturated heterocycles. The van der Waals surface area contributed by atoms with Crippen LogP contribution in [0.2, 0.25) is 0 Å². The van der Waals surface area contributed by atoms with Crippen molar-refractivity contribution in [1.82, 2.24) is 0 Å². The van der Waals surface area contributed by atoms with Crippen molar-refractivity contribution < 1.29 is 43.3 Å². The minimum Gasteiger partial charge on any atom is -0.245 e. The second-order valence-electron chi connectivity index (χ2n) is 3.59. The van der Waals surface area contributed by atoms with Gasteiger partial charge in [-0.2, -0.15) is 34.8 Å². The van der Waals surface area contributed by atoms with Crippen LogP contribution in [-0.4, -0.2) is 20.1 Å². The van der Waals surface area contributed by atoms with Gasteiger partial charge in [0.2, 0.25) is 0 Å². The zero-order valence-electron chi connectivity index (χ0n) is 9.47. The van der Waals surface area contributed by atoms with Crippen molar-refractivity contribution in [2.75, 3.05) is 0 Å². The Bertz CT molecular complexity index is 623. The highest BCUT2D eigenvalue weighted by atomic mass is 79.9. The highest BCUT2D eigenvalue weighted by molar-refractivity contribution is 9.10. The molecule has 0 spiro atoms. The Labute approximate surface area is 122 Å². The molecule has 0 aromatic heterocycles. The number of rotatable bonds is 3. The average Bonchev–Trinajstić information content (AvgIpc) is 2.27. The lowest BCUT2D eigenvalue weighted by Gasteiger charge is -2.21. The number of benzene rings is 1. The third kappa shape index (κ3) is 4.30. The minimum atomic E-state index is -6.48. The van der Waals surface area contributed by atoms with E-state index >= 15 is 0 Å². The fourth-order valence-corrected chi connectivity index (χ4v) is 2.13. The molecule has 0 heterocycles. The van der Waals surface area contributed by atoms with E-state index in [1.54, 1.807) is 0 Å². The molecule has 1 rings (SSSR count). The summed E-state index contributed by atoms with van der Waals surface area (Å²) in [6.45, 7) is 0. The molecule has 1 unspecified atom stereocenters. The van der Waals surface area contributed by atoms with Gasteiger partial charge in [-0.15, -0.1) is 0 Å².